The SMILES string of the molecule is CCC1CCC(NC)C(CN(C)CCCN(C)C)C1. The van der Waals surface area contributed by atoms with Crippen LogP contribution >= 0.6 is 0 Å². The largest absolute Gasteiger partial charge is 0.317 e. The van der Waals surface area contributed by atoms with Crippen molar-refractivity contribution in [1.29, 1.82) is 0 Å². The lowest BCUT2D eigenvalue weighted by atomic mass is 9.76. The fourth-order valence-electron chi connectivity index (χ4n) is 3.46. The van der Waals surface area contributed by atoms with Crippen molar-refractivity contribution in [3.05, 3.63) is 0 Å². The second kappa shape index (κ2) is 8.93. The van der Waals surface area contributed by atoms with Gasteiger partial charge in [0.15, 0.2) is 0 Å². The third kappa shape index (κ3) is 6.24. The minimum atomic E-state index is 0.735. The van der Waals surface area contributed by atoms with Gasteiger partial charge in [0, 0.05) is 12.6 Å². The highest BCUT2D eigenvalue weighted by molar-refractivity contribution is 4.85. The first-order chi connectivity index (χ1) is 9.06. The van der Waals surface area contributed by atoms with Gasteiger partial charge in [0.1, 0.15) is 0 Å². The molecular weight excluding hydrogens is 234 g/mol. The van der Waals surface area contributed by atoms with Gasteiger partial charge in [-0.15, -0.1) is 0 Å². The molecule has 1 aliphatic rings. The average Bonchev–Trinajstić information content (AvgIpc) is 2.38. The zero-order valence-corrected chi connectivity index (χ0v) is 13.8. The number of nitrogens with zero attached hydrogens (tertiary/aromatic N) is 2. The number of hydrogen-bond donors (Lipinski definition) is 1. The Balaban J connectivity index is 2.34. The molecule has 1 aliphatic carbocycles. The van der Waals surface area contributed by atoms with Crippen molar-refractivity contribution in [2.75, 3.05) is 47.8 Å². The summed E-state index contributed by atoms with van der Waals surface area (Å²) in [7, 11) is 8.74. The minimum absolute atomic E-state index is 0.735. The molecule has 3 atom stereocenters. The summed E-state index contributed by atoms with van der Waals surface area (Å²) in [5, 5.41) is 3.54. The maximum absolute atomic E-state index is 3.54. The Morgan fingerprint density at radius 3 is 2.42 bits per heavy atom. The van der Waals surface area contributed by atoms with Crippen molar-refractivity contribution in [2.24, 2.45) is 11.8 Å². The van der Waals surface area contributed by atoms with Gasteiger partial charge in [-0.2, -0.15) is 0 Å². The minimum Gasteiger partial charge on any atom is -0.317 e. The quantitative estimate of drug-likeness (QED) is 0.729. The van der Waals surface area contributed by atoms with E-state index >= 15 is 0 Å². The number of hydrogen-bond acceptors (Lipinski definition) is 3. The van der Waals surface area contributed by atoms with Crippen LogP contribution in [0, 0.1) is 11.8 Å². The van der Waals surface area contributed by atoms with Gasteiger partial charge in [0.25, 0.3) is 0 Å². The predicted octanol–water partition coefficient (Wildman–Crippen LogP) is 2.28. The summed E-state index contributed by atoms with van der Waals surface area (Å²) in [6.07, 6.45) is 6.84. The van der Waals surface area contributed by atoms with Crippen molar-refractivity contribution < 1.29 is 0 Å². The van der Waals surface area contributed by atoms with E-state index in [0.29, 0.717) is 0 Å². The standard InChI is InChI=1S/C16H35N3/c1-6-14-8-9-16(17-2)15(12-14)13-19(5)11-7-10-18(3)4/h14-17H,6-13H2,1-5H3. The van der Waals surface area contributed by atoms with Crippen LogP contribution in [0.2, 0.25) is 0 Å². The zero-order chi connectivity index (χ0) is 14.3. The summed E-state index contributed by atoms with van der Waals surface area (Å²) in [4.78, 5) is 4.81. The maximum atomic E-state index is 3.54. The molecular formula is C16H35N3. The van der Waals surface area contributed by atoms with Crippen LogP contribution in [-0.4, -0.2) is 63.7 Å². The predicted molar refractivity (Wildman–Crippen MR) is 84.6 cm³/mol. The van der Waals surface area contributed by atoms with Crippen molar-refractivity contribution in [2.45, 2.75) is 45.1 Å². The molecule has 0 spiro atoms. The second-order valence-electron chi connectivity index (χ2n) is 6.66. The summed E-state index contributed by atoms with van der Waals surface area (Å²) in [5.74, 6) is 1.80. The molecule has 19 heavy (non-hydrogen) atoms. The molecule has 3 nitrogen and oxygen atoms in total. The fraction of sp³-hybridized carbons (Fsp3) is 1.00. The Morgan fingerprint density at radius 2 is 1.84 bits per heavy atom. The van der Waals surface area contributed by atoms with E-state index in [4.69, 9.17) is 0 Å². The average molecular weight is 269 g/mol. The molecule has 0 aromatic carbocycles. The molecule has 1 rings (SSSR count). The van der Waals surface area contributed by atoms with Gasteiger partial charge in [0.05, 0.1) is 0 Å². The molecule has 1 fully saturated rings. The molecule has 0 amide bonds. The first-order valence-electron chi connectivity index (χ1n) is 8.07. The van der Waals surface area contributed by atoms with E-state index in [1.807, 2.05) is 0 Å². The molecule has 0 aromatic rings. The lowest BCUT2D eigenvalue weighted by Crippen LogP contribution is -2.44. The highest BCUT2D eigenvalue weighted by atomic mass is 15.1. The van der Waals surface area contributed by atoms with Crippen molar-refractivity contribution in [1.82, 2.24) is 15.1 Å². The van der Waals surface area contributed by atoms with Gasteiger partial charge in [-0.1, -0.05) is 13.3 Å². The Morgan fingerprint density at radius 1 is 1.11 bits per heavy atom. The summed E-state index contributed by atoms with van der Waals surface area (Å²) >= 11 is 0. The van der Waals surface area contributed by atoms with Gasteiger partial charge in [-0.25, -0.2) is 0 Å². The Labute approximate surface area is 120 Å². The van der Waals surface area contributed by atoms with E-state index in [-0.39, 0.29) is 0 Å². The molecule has 0 aromatic heterocycles. The molecule has 0 heterocycles. The van der Waals surface area contributed by atoms with Gasteiger partial charge in [-0.3, -0.25) is 0 Å². The fourth-order valence-corrected chi connectivity index (χ4v) is 3.46. The van der Waals surface area contributed by atoms with Crippen LogP contribution in [0.1, 0.15) is 39.0 Å². The van der Waals surface area contributed by atoms with Gasteiger partial charge < -0.3 is 15.1 Å². The molecule has 0 radical (unpaired) electrons. The second-order valence-corrected chi connectivity index (χ2v) is 6.66. The normalized spacial score (nSPS) is 28.3. The first-order valence-corrected chi connectivity index (χ1v) is 8.07. The topological polar surface area (TPSA) is 18.5 Å². The number of nitrogens with one attached hydrogen (secondary N) is 1. The number of rotatable bonds is 8. The van der Waals surface area contributed by atoms with E-state index < -0.39 is 0 Å². The van der Waals surface area contributed by atoms with Gasteiger partial charge in [0.2, 0.25) is 0 Å². The van der Waals surface area contributed by atoms with E-state index in [1.54, 1.807) is 0 Å². The summed E-state index contributed by atoms with van der Waals surface area (Å²) in [6, 6.07) is 0.735. The summed E-state index contributed by atoms with van der Waals surface area (Å²) in [5.41, 5.74) is 0. The molecule has 0 aliphatic heterocycles. The van der Waals surface area contributed by atoms with Crippen LogP contribution in [0.15, 0.2) is 0 Å². The highest BCUT2D eigenvalue weighted by Gasteiger charge is 2.29. The van der Waals surface area contributed by atoms with Gasteiger partial charge in [-0.05, 0) is 78.8 Å². The van der Waals surface area contributed by atoms with E-state index in [0.717, 1.165) is 17.9 Å². The molecule has 0 bridgehead atoms. The van der Waals surface area contributed by atoms with Crippen LogP contribution < -0.4 is 5.32 Å². The molecule has 3 unspecified atom stereocenters. The molecule has 1 saturated carbocycles. The maximum Gasteiger partial charge on any atom is 0.0105 e. The molecule has 0 saturated heterocycles. The highest BCUT2D eigenvalue weighted by Crippen LogP contribution is 2.31. The monoisotopic (exact) mass is 269 g/mol. The Bertz CT molecular complexity index is 230. The molecule has 3 heteroatoms. The lowest BCUT2D eigenvalue weighted by Gasteiger charge is -2.38. The van der Waals surface area contributed by atoms with Crippen LogP contribution in [-0.2, 0) is 0 Å². The lowest BCUT2D eigenvalue weighted by molar-refractivity contribution is 0.154. The summed E-state index contributed by atoms with van der Waals surface area (Å²) in [6.45, 7) is 6.03. The summed E-state index contributed by atoms with van der Waals surface area (Å²) < 4.78 is 0. The van der Waals surface area contributed by atoms with Crippen LogP contribution in [0.3, 0.4) is 0 Å². The van der Waals surface area contributed by atoms with Gasteiger partial charge >= 0.3 is 0 Å². The van der Waals surface area contributed by atoms with Crippen molar-refractivity contribution >= 4 is 0 Å². The third-order valence-electron chi connectivity index (χ3n) is 4.73. The third-order valence-corrected chi connectivity index (χ3v) is 4.73. The van der Waals surface area contributed by atoms with E-state index in [9.17, 15) is 0 Å². The Hall–Kier alpha value is -0.120. The molecule has 1 N–H and O–H groups in total. The van der Waals surface area contributed by atoms with Crippen LogP contribution in [0.5, 0.6) is 0 Å². The molecule has 114 valence electrons. The van der Waals surface area contributed by atoms with Crippen molar-refractivity contribution in [3.8, 4) is 0 Å². The van der Waals surface area contributed by atoms with Crippen LogP contribution in [0.4, 0.5) is 0 Å². The van der Waals surface area contributed by atoms with E-state index in [1.165, 1.54) is 51.7 Å². The zero-order valence-electron chi connectivity index (χ0n) is 13.8. The smallest absolute Gasteiger partial charge is 0.0105 e. The first kappa shape index (κ1) is 16.9. The van der Waals surface area contributed by atoms with Crippen molar-refractivity contribution in [3.63, 3.8) is 0 Å². The Kier molecular flexibility index (Phi) is 7.96. The van der Waals surface area contributed by atoms with Crippen LogP contribution in [0.25, 0.3) is 0 Å². The van der Waals surface area contributed by atoms with E-state index in [2.05, 4.69) is 50.2 Å².